The lowest BCUT2D eigenvalue weighted by Gasteiger charge is -2.01. The molecule has 0 fully saturated rings. The van der Waals surface area contributed by atoms with Crippen molar-refractivity contribution in [3.63, 3.8) is 0 Å². The maximum Gasteiger partial charge on any atom is 0.233 e. The third kappa shape index (κ3) is 2.81. The number of hydrogen-bond donors (Lipinski definition) is 2. The van der Waals surface area contributed by atoms with E-state index in [9.17, 15) is 4.79 Å². The predicted molar refractivity (Wildman–Crippen MR) is 51.1 cm³/mol. The van der Waals surface area contributed by atoms with E-state index in [-0.39, 0.29) is 5.91 Å². The Bertz CT molecular complexity index is 320. The van der Waals surface area contributed by atoms with E-state index in [4.69, 9.17) is 5.84 Å². The third-order valence-electron chi connectivity index (χ3n) is 1.90. The summed E-state index contributed by atoms with van der Waals surface area (Å²) in [5.74, 6) is 6.42. The van der Waals surface area contributed by atoms with E-state index in [0.29, 0.717) is 19.4 Å². The number of carbonyl (C=O) groups is 1. The Morgan fingerprint density at radius 2 is 2.29 bits per heavy atom. The van der Waals surface area contributed by atoms with Gasteiger partial charge in [0.15, 0.2) is 0 Å². The molecule has 0 saturated heterocycles. The fourth-order valence-corrected chi connectivity index (χ4v) is 1.23. The molecule has 0 saturated carbocycles. The number of carbonyl (C=O) groups excluding carboxylic acids is 1. The molecule has 1 aromatic rings. The van der Waals surface area contributed by atoms with Crippen molar-refractivity contribution in [2.75, 3.05) is 0 Å². The van der Waals surface area contributed by atoms with Crippen LogP contribution < -0.4 is 11.3 Å². The maximum absolute atomic E-state index is 10.8. The first-order valence-corrected chi connectivity index (χ1v) is 4.51. The highest BCUT2D eigenvalue weighted by atomic mass is 16.2. The molecule has 0 unspecified atom stereocenters. The molecule has 1 aromatic heterocycles. The van der Waals surface area contributed by atoms with Gasteiger partial charge in [-0.2, -0.15) is 5.10 Å². The molecule has 3 N–H and O–H groups in total. The second-order valence-electron chi connectivity index (χ2n) is 3.10. The number of aromatic nitrogens is 3. The largest absolute Gasteiger partial charge is 0.294 e. The van der Waals surface area contributed by atoms with Crippen LogP contribution in [-0.2, 0) is 11.3 Å². The molecule has 0 aromatic carbocycles. The predicted octanol–water partition coefficient (Wildman–Crippen LogP) is -0.335. The van der Waals surface area contributed by atoms with Crippen molar-refractivity contribution in [3.05, 3.63) is 11.6 Å². The Morgan fingerprint density at radius 3 is 2.79 bits per heavy atom. The zero-order chi connectivity index (χ0) is 10.6. The molecule has 0 aliphatic rings. The van der Waals surface area contributed by atoms with Crippen LogP contribution in [0.4, 0.5) is 0 Å². The summed E-state index contributed by atoms with van der Waals surface area (Å²) in [6.07, 6.45) is 1.13. The second kappa shape index (κ2) is 4.71. The quantitative estimate of drug-likeness (QED) is 0.393. The Kier molecular flexibility index (Phi) is 3.58. The van der Waals surface area contributed by atoms with Gasteiger partial charge in [-0.1, -0.05) is 0 Å². The molecule has 0 aliphatic carbocycles. The van der Waals surface area contributed by atoms with E-state index < -0.39 is 0 Å². The van der Waals surface area contributed by atoms with E-state index in [1.165, 1.54) is 0 Å². The highest BCUT2D eigenvalue weighted by molar-refractivity contribution is 5.74. The number of rotatable bonds is 4. The van der Waals surface area contributed by atoms with Crippen LogP contribution in [0.3, 0.4) is 0 Å². The molecule has 1 heterocycles. The summed E-state index contributed by atoms with van der Waals surface area (Å²) in [7, 11) is 0. The first-order chi connectivity index (χ1) is 6.63. The molecule has 0 bridgehead atoms. The summed E-state index contributed by atoms with van der Waals surface area (Å²) in [4.78, 5) is 15.0. The standard InChI is InChI=1S/C8H15N5O/c1-6-10-7(2)13(12-6)5-3-4-8(14)11-9/h3-5,9H2,1-2H3,(H,11,14). The number of nitrogens with two attached hydrogens (primary N) is 1. The van der Waals surface area contributed by atoms with Gasteiger partial charge in [0.2, 0.25) is 5.91 Å². The van der Waals surface area contributed by atoms with Gasteiger partial charge >= 0.3 is 0 Å². The fraction of sp³-hybridized carbons (Fsp3) is 0.625. The molecule has 0 spiro atoms. The summed E-state index contributed by atoms with van der Waals surface area (Å²) >= 11 is 0. The second-order valence-corrected chi connectivity index (χ2v) is 3.10. The number of nitrogens with zero attached hydrogens (tertiary/aromatic N) is 3. The Hall–Kier alpha value is -1.43. The number of hydrogen-bond acceptors (Lipinski definition) is 4. The first kappa shape index (κ1) is 10.6. The maximum atomic E-state index is 10.8. The lowest BCUT2D eigenvalue weighted by Crippen LogP contribution is -2.29. The average molecular weight is 197 g/mol. The van der Waals surface area contributed by atoms with Crippen molar-refractivity contribution in [2.24, 2.45) is 5.84 Å². The van der Waals surface area contributed by atoms with Crippen LogP contribution in [0.15, 0.2) is 0 Å². The van der Waals surface area contributed by atoms with Gasteiger partial charge in [-0.15, -0.1) is 0 Å². The molecule has 1 amide bonds. The van der Waals surface area contributed by atoms with Crippen LogP contribution in [0, 0.1) is 13.8 Å². The summed E-state index contributed by atoms with van der Waals surface area (Å²) < 4.78 is 1.79. The lowest BCUT2D eigenvalue weighted by molar-refractivity contribution is -0.121. The normalized spacial score (nSPS) is 10.2. The number of amides is 1. The topological polar surface area (TPSA) is 85.8 Å². The van der Waals surface area contributed by atoms with Crippen LogP contribution >= 0.6 is 0 Å². The molecule has 0 aliphatic heterocycles. The monoisotopic (exact) mass is 197 g/mol. The van der Waals surface area contributed by atoms with E-state index in [0.717, 1.165) is 11.6 Å². The van der Waals surface area contributed by atoms with Crippen LogP contribution in [0.1, 0.15) is 24.5 Å². The fourth-order valence-electron chi connectivity index (χ4n) is 1.23. The Morgan fingerprint density at radius 1 is 1.57 bits per heavy atom. The molecule has 6 heteroatoms. The molecule has 6 nitrogen and oxygen atoms in total. The lowest BCUT2D eigenvalue weighted by atomic mass is 10.3. The van der Waals surface area contributed by atoms with E-state index >= 15 is 0 Å². The van der Waals surface area contributed by atoms with E-state index in [1.54, 1.807) is 4.68 Å². The first-order valence-electron chi connectivity index (χ1n) is 4.51. The van der Waals surface area contributed by atoms with Crippen LogP contribution in [0.25, 0.3) is 0 Å². The Labute approximate surface area is 82.5 Å². The molecular weight excluding hydrogens is 182 g/mol. The summed E-state index contributed by atoms with van der Waals surface area (Å²) in [5.41, 5.74) is 2.09. The molecule has 0 atom stereocenters. The van der Waals surface area contributed by atoms with Crippen molar-refractivity contribution in [1.82, 2.24) is 20.2 Å². The highest BCUT2D eigenvalue weighted by Gasteiger charge is 2.03. The van der Waals surface area contributed by atoms with Crippen molar-refractivity contribution < 1.29 is 4.79 Å². The Balaban J connectivity index is 2.38. The van der Waals surface area contributed by atoms with Gasteiger partial charge in [-0.25, -0.2) is 10.8 Å². The zero-order valence-electron chi connectivity index (χ0n) is 8.45. The van der Waals surface area contributed by atoms with Gasteiger partial charge in [0.1, 0.15) is 11.6 Å². The third-order valence-corrected chi connectivity index (χ3v) is 1.90. The van der Waals surface area contributed by atoms with Gasteiger partial charge < -0.3 is 0 Å². The van der Waals surface area contributed by atoms with Gasteiger partial charge in [-0.3, -0.25) is 14.9 Å². The average Bonchev–Trinajstić information content (AvgIpc) is 2.45. The SMILES string of the molecule is Cc1nc(C)n(CCCC(=O)NN)n1. The summed E-state index contributed by atoms with van der Waals surface area (Å²) in [5, 5.41) is 4.18. The zero-order valence-corrected chi connectivity index (χ0v) is 8.45. The number of nitrogens with one attached hydrogen (secondary N) is 1. The minimum atomic E-state index is -0.153. The van der Waals surface area contributed by atoms with Crippen LogP contribution in [0.2, 0.25) is 0 Å². The highest BCUT2D eigenvalue weighted by Crippen LogP contribution is 1.99. The van der Waals surface area contributed by atoms with Crippen molar-refractivity contribution in [2.45, 2.75) is 33.2 Å². The van der Waals surface area contributed by atoms with E-state index in [1.807, 2.05) is 13.8 Å². The number of aryl methyl sites for hydroxylation is 3. The molecule has 78 valence electrons. The number of hydrazine groups is 1. The van der Waals surface area contributed by atoms with Crippen LogP contribution in [-0.4, -0.2) is 20.7 Å². The molecule has 14 heavy (non-hydrogen) atoms. The van der Waals surface area contributed by atoms with E-state index in [2.05, 4.69) is 15.5 Å². The van der Waals surface area contributed by atoms with Gasteiger partial charge in [0, 0.05) is 13.0 Å². The minimum Gasteiger partial charge on any atom is -0.294 e. The summed E-state index contributed by atoms with van der Waals surface area (Å²) in [6, 6.07) is 0. The van der Waals surface area contributed by atoms with Gasteiger partial charge in [-0.05, 0) is 20.3 Å². The minimum absolute atomic E-state index is 0.153. The molecular formula is C8H15N5O. The smallest absolute Gasteiger partial charge is 0.233 e. The van der Waals surface area contributed by atoms with Gasteiger partial charge in [0.25, 0.3) is 0 Å². The van der Waals surface area contributed by atoms with Crippen molar-refractivity contribution >= 4 is 5.91 Å². The molecule has 0 radical (unpaired) electrons. The van der Waals surface area contributed by atoms with Crippen molar-refractivity contribution in [1.29, 1.82) is 0 Å². The van der Waals surface area contributed by atoms with Crippen LogP contribution in [0.5, 0.6) is 0 Å². The summed E-state index contributed by atoms with van der Waals surface area (Å²) in [6.45, 7) is 4.43. The molecule has 1 rings (SSSR count). The van der Waals surface area contributed by atoms with Crippen molar-refractivity contribution in [3.8, 4) is 0 Å². The van der Waals surface area contributed by atoms with Gasteiger partial charge in [0.05, 0.1) is 0 Å².